The molecule has 1 aromatic carbocycles. The third-order valence-electron chi connectivity index (χ3n) is 4.47. The van der Waals surface area contributed by atoms with Gasteiger partial charge in [-0.25, -0.2) is 0 Å². The Labute approximate surface area is 121 Å². The largest absolute Gasteiger partial charge is 0.316 e. The molecule has 2 fully saturated rings. The third kappa shape index (κ3) is 3.15. The normalized spacial score (nSPS) is 32.6. The molecule has 2 heterocycles. The number of hydrogen-bond donors (Lipinski definition) is 1. The fourth-order valence-electron chi connectivity index (χ4n) is 3.30. The van der Waals surface area contributed by atoms with Crippen LogP contribution < -0.4 is 5.32 Å². The molecule has 0 bridgehead atoms. The lowest BCUT2D eigenvalue weighted by Crippen LogP contribution is -2.43. The molecule has 1 N–H and O–H groups in total. The van der Waals surface area contributed by atoms with Crippen LogP contribution in [0.5, 0.6) is 0 Å². The molecule has 2 nitrogen and oxygen atoms in total. The van der Waals surface area contributed by atoms with Gasteiger partial charge in [-0.05, 0) is 23.9 Å². The molecule has 0 spiro atoms. The molecule has 1 aromatic rings. The summed E-state index contributed by atoms with van der Waals surface area (Å²) in [7, 11) is 0. The summed E-state index contributed by atoms with van der Waals surface area (Å²) < 4.78 is 0. The van der Waals surface area contributed by atoms with E-state index in [1.807, 2.05) is 0 Å². The van der Waals surface area contributed by atoms with E-state index in [4.69, 9.17) is 0 Å². The fourth-order valence-corrected chi connectivity index (χ4v) is 4.46. The second-order valence-corrected chi connectivity index (χ2v) is 7.36. The lowest BCUT2D eigenvalue weighted by atomic mass is 9.88. The van der Waals surface area contributed by atoms with Gasteiger partial charge in [0.15, 0.2) is 0 Å². The topological polar surface area (TPSA) is 15.3 Å². The molecule has 0 aromatic heterocycles. The molecule has 3 rings (SSSR count). The summed E-state index contributed by atoms with van der Waals surface area (Å²) in [5.74, 6) is 2.53. The zero-order chi connectivity index (χ0) is 13.1. The standard InChI is InChI=1S/C16H24N2S/c1-16(7-8-17-12-16)13-18-9-10-19-11-15(18)14-5-3-2-4-6-14/h2-6,15,17H,7-13H2,1H3. The van der Waals surface area contributed by atoms with Gasteiger partial charge in [0.1, 0.15) is 0 Å². The van der Waals surface area contributed by atoms with Gasteiger partial charge in [0.05, 0.1) is 0 Å². The molecule has 2 atom stereocenters. The predicted octanol–water partition coefficient (Wildman–Crippen LogP) is 2.78. The number of nitrogens with one attached hydrogen (secondary N) is 1. The molecule has 2 saturated heterocycles. The van der Waals surface area contributed by atoms with Crippen LogP contribution in [0.25, 0.3) is 0 Å². The SMILES string of the molecule is CC1(CN2CCSCC2c2ccccc2)CCNC1. The highest BCUT2D eigenvalue weighted by Crippen LogP contribution is 2.34. The Morgan fingerprint density at radius 2 is 2.21 bits per heavy atom. The highest BCUT2D eigenvalue weighted by atomic mass is 32.2. The minimum Gasteiger partial charge on any atom is -0.316 e. The first-order valence-electron chi connectivity index (χ1n) is 7.34. The zero-order valence-corrected chi connectivity index (χ0v) is 12.6. The van der Waals surface area contributed by atoms with Crippen molar-refractivity contribution in [2.75, 3.05) is 37.7 Å². The maximum absolute atomic E-state index is 3.53. The van der Waals surface area contributed by atoms with Crippen LogP contribution in [0.4, 0.5) is 0 Å². The van der Waals surface area contributed by atoms with Gasteiger partial charge in [-0.3, -0.25) is 4.90 Å². The highest BCUT2D eigenvalue weighted by molar-refractivity contribution is 7.99. The van der Waals surface area contributed by atoms with E-state index in [0.29, 0.717) is 11.5 Å². The molecule has 3 heteroatoms. The number of hydrogen-bond acceptors (Lipinski definition) is 3. The molecular weight excluding hydrogens is 252 g/mol. The van der Waals surface area contributed by atoms with Gasteiger partial charge in [0.25, 0.3) is 0 Å². The molecule has 104 valence electrons. The van der Waals surface area contributed by atoms with Crippen LogP contribution in [0.1, 0.15) is 24.9 Å². The van der Waals surface area contributed by atoms with Crippen molar-refractivity contribution >= 4 is 11.8 Å². The Morgan fingerprint density at radius 1 is 1.37 bits per heavy atom. The molecule has 0 aliphatic carbocycles. The van der Waals surface area contributed by atoms with Crippen molar-refractivity contribution in [3.8, 4) is 0 Å². The Bertz CT molecular complexity index is 400. The van der Waals surface area contributed by atoms with Crippen molar-refractivity contribution < 1.29 is 0 Å². The van der Waals surface area contributed by atoms with Crippen molar-refractivity contribution in [1.82, 2.24) is 10.2 Å². The lowest BCUT2D eigenvalue weighted by Gasteiger charge is -2.40. The monoisotopic (exact) mass is 276 g/mol. The van der Waals surface area contributed by atoms with Crippen molar-refractivity contribution in [2.24, 2.45) is 5.41 Å². The van der Waals surface area contributed by atoms with Crippen LogP contribution in [-0.4, -0.2) is 42.6 Å². The average Bonchev–Trinajstić information content (AvgIpc) is 2.87. The summed E-state index contributed by atoms with van der Waals surface area (Å²) in [6, 6.07) is 11.7. The molecule has 19 heavy (non-hydrogen) atoms. The fraction of sp³-hybridized carbons (Fsp3) is 0.625. The summed E-state index contributed by atoms with van der Waals surface area (Å²) in [5, 5.41) is 3.53. The molecule has 2 unspecified atom stereocenters. The Balaban J connectivity index is 1.74. The van der Waals surface area contributed by atoms with Crippen LogP contribution in [-0.2, 0) is 0 Å². The second kappa shape index (κ2) is 5.86. The maximum Gasteiger partial charge on any atom is 0.0439 e. The van der Waals surface area contributed by atoms with E-state index in [-0.39, 0.29) is 0 Å². The van der Waals surface area contributed by atoms with Crippen LogP contribution in [0.15, 0.2) is 30.3 Å². The molecule has 0 radical (unpaired) electrons. The van der Waals surface area contributed by atoms with Crippen LogP contribution in [0.2, 0.25) is 0 Å². The van der Waals surface area contributed by atoms with Gasteiger partial charge in [-0.1, -0.05) is 37.3 Å². The first-order chi connectivity index (χ1) is 9.27. The van der Waals surface area contributed by atoms with Gasteiger partial charge >= 0.3 is 0 Å². The summed E-state index contributed by atoms with van der Waals surface area (Å²) in [6.45, 7) is 7.28. The van der Waals surface area contributed by atoms with Crippen LogP contribution in [0.3, 0.4) is 0 Å². The number of nitrogens with zero attached hydrogens (tertiary/aromatic N) is 1. The molecular formula is C16H24N2S. The van der Waals surface area contributed by atoms with Crippen molar-refractivity contribution in [3.63, 3.8) is 0 Å². The van der Waals surface area contributed by atoms with Gasteiger partial charge in [0, 0.05) is 37.2 Å². The van der Waals surface area contributed by atoms with Crippen LogP contribution >= 0.6 is 11.8 Å². The molecule has 2 aliphatic heterocycles. The van der Waals surface area contributed by atoms with E-state index < -0.39 is 0 Å². The van der Waals surface area contributed by atoms with Crippen molar-refractivity contribution in [3.05, 3.63) is 35.9 Å². The van der Waals surface area contributed by atoms with Crippen molar-refractivity contribution in [2.45, 2.75) is 19.4 Å². The average molecular weight is 276 g/mol. The van der Waals surface area contributed by atoms with E-state index >= 15 is 0 Å². The van der Waals surface area contributed by atoms with E-state index in [9.17, 15) is 0 Å². The Morgan fingerprint density at radius 3 is 2.95 bits per heavy atom. The van der Waals surface area contributed by atoms with Crippen molar-refractivity contribution in [1.29, 1.82) is 0 Å². The Hall–Kier alpha value is -0.510. The summed E-state index contributed by atoms with van der Waals surface area (Å²) in [6.07, 6.45) is 1.32. The molecule has 2 aliphatic rings. The second-order valence-electron chi connectivity index (χ2n) is 6.21. The lowest BCUT2D eigenvalue weighted by molar-refractivity contribution is 0.143. The number of thioether (sulfide) groups is 1. The van der Waals surface area contributed by atoms with Gasteiger partial charge in [0.2, 0.25) is 0 Å². The van der Waals surface area contributed by atoms with Gasteiger partial charge in [-0.15, -0.1) is 0 Å². The van der Waals surface area contributed by atoms with E-state index in [0.717, 1.165) is 0 Å². The third-order valence-corrected chi connectivity index (χ3v) is 5.49. The summed E-state index contributed by atoms with van der Waals surface area (Å²) in [4.78, 5) is 2.72. The molecule has 0 saturated carbocycles. The van der Waals surface area contributed by atoms with Gasteiger partial charge in [-0.2, -0.15) is 11.8 Å². The Kier molecular flexibility index (Phi) is 4.15. The highest BCUT2D eigenvalue weighted by Gasteiger charge is 2.34. The summed E-state index contributed by atoms with van der Waals surface area (Å²) >= 11 is 2.10. The number of benzene rings is 1. The van der Waals surface area contributed by atoms with Gasteiger partial charge < -0.3 is 5.32 Å². The summed E-state index contributed by atoms with van der Waals surface area (Å²) in [5.41, 5.74) is 1.96. The number of rotatable bonds is 3. The maximum atomic E-state index is 3.53. The predicted molar refractivity (Wildman–Crippen MR) is 83.7 cm³/mol. The first-order valence-corrected chi connectivity index (χ1v) is 8.50. The van der Waals surface area contributed by atoms with E-state index in [1.165, 1.54) is 49.7 Å². The molecule has 0 amide bonds. The quantitative estimate of drug-likeness (QED) is 0.914. The van der Waals surface area contributed by atoms with E-state index in [2.05, 4.69) is 59.2 Å². The first kappa shape index (κ1) is 13.5. The smallest absolute Gasteiger partial charge is 0.0439 e. The minimum absolute atomic E-state index is 0.467. The van der Waals surface area contributed by atoms with E-state index in [1.54, 1.807) is 0 Å². The minimum atomic E-state index is 0.467. The van der Waals surface area contributed by atoms with Crippen LogP contribution in [0, 0.1) is 5.41 Å². The zero-order valence-electron chi connectivity index (χ0n) is 11.8.